The summed E-state index contributed by atoms with van der Waals surface area (Å²) in [6, 6.07) is 11.0. The van der Waals surface area contributed by atoms with Crippen molar-refractivity contribution in [1.29, 1.82) is 0 Å². The highest BCUT2D eigenvalue weighted by atomic mass is 32.2. The zero-order valence-electron chi connectivity index (χ0n) is 19.1. The summed E-state index contributed by atoms with van der Waals surface area (Å²) < 4.78 is 5.02. The van der Waals surface area contributed by atoms with Crippen LogP contribution in [0, 0.1) is 10.1 Å². The van der Waals surface area contributed by atoms with E-state index in [0.717, 1.165) is 5.69 Å². The predicted molar refractivity (Wildman–Crippen MR) is 131 cm³/mol. The number of nitro benzene ring substituents is 1. The van der Waals surface area contributed by atoms with Crippen LogP contribution in [0.3, 0.4) is 0 Å². The molecule has 1 atom stereocenters. The molecule has 10 nitrogen and oxygen atoms in total. The summed E-state index contributed by atoms with van der Waals surface area (Å²) in [5.41, 5.74) is 2.95. The number of amides is 1. The fraction of sp³-hybridized carbons (Fsp3) is 0.250. The van der Waals surface area contributed by atoms with Crippen LogP contribution >= 0.6 is 11.8 Å². The number of aromatic nitrogens is 1. The van der Waals surface area contributed by atoms with Gasteiger partial charge in [0.15, 0.2) is 5.17 Å². The van der Waals surface area contributed by atoms with Gasteiger partial charge in [0.2, 0.25) is 5.91 Å². The second kappa shape index (κ2) is 10.5. The van der Waals surface area contributed by atoms with Crippen molar-refractivity contribution < 1.29 is 19.2 Å². The molecule has 0 spiro atoms. The van der Waals surface area contributed by atoms with Gasteiger partial charge in [-0.25, -0.2) is 9.79 Å². The molecule has 11 heteroatoms. The minimum Gasteiger partial charge on any atom is -0.466 e. The first-order chi connectivity index (χ1) is 16.9. The lowest BCUT2D eigenvalue weighted by Gasteiger charge is -2.36. The largest absolute Gasteiger partial charge is 0.466 e. The van der Waals surface area contributed by atoms with Crippen molar-refractivity contribution in [2.24, 2.45) is 4.99 Å². The first-order valence-corrected chi connectivity index (χ1v) is 11.7. The van der Waals surface area contributed by atoms with Crippen LogP contribution in [0.4, 0.5) is 5.69 Å². The molecule has 1 unspecified atom stereocenters. The molecule has 2 aromatic rings. The fourth-order valence-corrected chi connectivity index (χ4v) is 4.90. The summed E-state index contributed by atoms with van der Waals surface area (Å²) in [7, 11) is 1.29. The van der Waals surface area contributed by atoms with Crippen molar-refractivity contribution in [1.82, 2.24) is 15.2 Å². The summed E-state index contributed by atoms with van der Waals surface area (Å²) in [6.07, 6.45) is 2.39. The van der Waals surface area contributed by atoms with Gasteiger partial charge in [0, 0.05) is 42.7 Å². The monoisotopic (exact) mass is 493 g/mol. The minimum atomic E-state index is -0.640. The Bertz CT molecular complexity index is 1240. The molecule has 1 aromatic heterocycles. The van der Waals surface area contributed by atoms with Gasteiger partial charge in [0.05, 0.1) is 35.8 Å². The molecule has 0 aliphatic carbocycles. The number of methoxy groups -OCH3 is 1. The third kappa shape index (κ3) is 5.24. The van der Waals surface area contributed by atoms with Crippen molar-refractivity contribution in [2.45, 2.75) is 25.8 Å². The number of pyridine rings is 1. The van der Waals surface area contributed by atoms with Crippen molar-refractivity contribution >= 4 is 34.5 Å². The van der Waals surface area contributed by atoms with Crippen LogP contribution in [0.2, 0.25) is 0 Å². The maximum absolute atomic E-state index is 12.7. The molecule has 35 heavy (non-hydrogen) atoms. The molecule has 0 saturated heterocycles. The molecule has 0 bridgehead atoms. The van der Waals surface area contributed by atoms with Crippen LogP contribution < -0.4 is 5.32 Å². The Morgan fingerprint density at radius 1 is 1.23 bits per heavy atom. The van der Waals surface area contributed by atoms with E-state index in [4.69, 9.17) is 4.74 Å². The molecule has 1 aromatic carbocycles. The van der Waals surface area contributed by atoms with Crippen molar-refractivity contribution in [3.05, 3.63) is 92.4 Å². The van der Waals surface area contributed by atoms with E-state index in [2.05, 4.69) is 15.3 Å². The number of amidine groups is 1. The Kier molecular flexibility index (Phi) is 7.25. The van der Waals surface area contributed by atoms with Gasteiger partial charge in [0.25, 0.3) is 5.69 Å². The first-order valence-electron chi connectivity index (χ1n) is 10.8. The first kappa shape index (κ1) is 24.1. The summed E-state index contributed by atoms with van der Waals surface area (Å²) in [5, 5.41) is 16.5. The van der Waals surface area contributed by atoms with Crippen LogP contribution in [-0.2, 0) is 20.7 Å². The number of non-ortho nitro benzene ring substituents is 1. The lowest BCUT2D eigenvalue weighted by atomic mass is 9.93. The minimum absolute atomic E-state index is 0.0578. The van der Waals surface area contributed by atoms with Crippen LogP contribution in [0.5, 0.6) is 0 Å². The number of fused-ring (bicyclic) bond motifs is 1. The van der Waals surface area contributed by atoms with Crippen LogP contribution in [0.1, 0.15) is 30.6 Å². The molecule has 4 rings (SSSR count). The molecule has 3 heterocycles. The molecule has 1 N–H and O–H groups in total. The zero-order chi connectivity index (χ0) is 24.9. The summed E-state index contributed by atoms with van der Waals surface area (Å²) >= 11 is 1.36. The third-order valence-corrected chi connectivity index (χ3v) is 6.49. The highest BCUT2D eigenvalue weighted by Gasteiger charge is 2.41. The number of rotatable bonds is 8. The van der Waals surface area contributed by atoms with Crippen LogP contribution in [0.15, 0.2) is 76.0 Å². The number of hydrogen-bond acceptors (Lipinski definition) is 9. The van der Waals surface area contributed by atoms with E-state index in [1.165, 1.54) is 31.0 Å². The Balaban J connectivity index is 1.56. The SMILES string of the molecule is COC(=O)C1=C(C)N=C2SC=C(CC(=O)NCCc3ccccn3)N2C1c1ccc([N+](=O)[O-])cc1. The number of allylic oxidation sites excluding steroid dienone is 1. The summed E-state index contributed by atoms with van der Waals surface area (Å²) in [5.74, 6) is -0.730. The number of nitro groups is 1. The number of carbonyl (C=O) groups excluding carboxylic acids is 2. The van der Waals surface area contributed by atoms with Crippen molar-refractivity contribution in [3.63, 3.8) is 0 Å². The highest BCUT2D eigenvalue weighted by Crippen LogP contribution is 2.44. The lowest BCUT2D eigenvalue weighted by Crippen LogP contribution is -2.38. The molecule has 0 saturated carbocycles. The highest BCUT2D eigenvalue weighted by molar-refractivity contribution is 8.16. The van der Waals surface area contributed by atoms with Crippen LogP contribution in [0.25, 0.3) is 0 Å². The topological polar surface area (TPSA) is 127 Å². The van der Waals surface area contributed by atoms with Crippen molar-refractivity contribution in [2.75, 3.05) is 13.7 Å². The number of carbonyl (C=O) groups is 2. The summed E-state index contributed by atoms with van der Waals surface area (Å²) in [6.45, 7) is 2.16. The van der Waals surface area contributed by atoms with Gasteiger partial charge in [0.1, 0.15) is 0 Å². The molecule has 0 fully saturated rings. The Labute approximate surface area is 205 Å². The average Bonchev–Trinajstić information content (AvgIpc) is 3.25. The van der Waals surface area contributed by atoms with E-state index in [-0.39, 0.29) is 18.0 Å². The fourth-order valence-electron chi connectivity index (χ4n) is 3.94. The maximum atomic E-state index is 12.7. The number of nitrogens with zero attached hydrogens (tertiary/aromatic N) is 4. The van der Waals surface area contributed by atoms with E-state index in [0.29, 0.717) is 40.7 Å². The molecule has 0 radical (unpaired) electrons. The maximum Gasteiger partial charge on any atom is 0.338 e. The molecule has 180 valence electrons. The second-order valence-corrected chi connectivity index (χ2v) is 8.67. The number of ether oxygens (including phenoxy) is 1. The Morgan fingerprint density at radius 3 is 2.66 bits per heavy atom. The smallest absolute Gasteiger partial charge is 0.338 e. The van der Waals surface area contributed by atoms with Gasteiger partial charge >= 0.3 is 5.97 Å². The van der Waals surface area contributed by atoms with Gasteiger partial charge in [-0.1, -0.05) is 17.8 Å². The zero-order valence-corrected chi connectivity index (χ0v) is 19.9. The lowest BCUT2D eigenvalue weighted by molar-refractivity contribution is -0.384. The van der Waals surface area contributed by atoms with Crippen molar-refractivity contribution in [3.8, 4) is 0 Å². The van der Waals surface area contributed by atoms with E-state index >= 15 is 0 Å². The van der Waals surface area contributed by atoms with E-state index in [1.807, 2.05) is 28.5 Å². The Morgan fingerprint density at radius 2 is 2.00 bits per heavy atom. The van der Waals surface area contributed by atoms with Gasteiger partial charge in [-0.05, 0) is 42.2 Å². The number of aliphatic imine (C=N–C) groups is 1. The molecule has 1 amide bonds. The van der Waals surface area contributed by atoms with Gasteiger partial charge in [-0.15, -0.1) is 0 Å². The summed E-state index contributed by atoms with van der Waals surface area (Å²) in [4.78, 5) is 46.7. The van der Waals surface area contributed by atoms with E-state index < -0.39 is 16.9 Å². The standard InChI is InChI=1S/C24H23N5O5S/c1-15-21(23(31)34-2)22(16-6-8-18(9-7-16)29(32)33)28-19(14-35-24(28)27-15)13-20(30)26-12-10-17-5-3-4-11-25-17/h3-9,11,14,22H,10,12-13H2,1-2H3,(H,26,30). The average molecular weight is 494 g/mol. The normalized spacial score (nSPS) is 16.9. The molecular weight excluding hydrogens is 470 g/mol. The van der Waals surface area contributed by atoms with Gasteiger partial charge in [-0.2, -0.15) is 0 Å². The van der Waals surface area contributed by atoms with E-state index in [1.54, 1.807) is 25.3 Å². The molecule has 2 aliphatic rings. The molecular formula is C24H23N5O5S. The number of nitrogens with one attached hydrogen (secondary N) is 1. The predicted octanol–water partition coefficient (Wildman–Crippen LogP) is 3.49. The number of thioether (sulfide) groups is 1. The van der Waals surface area contributed by atoms with Gasteiger partial charge in [-0.3, -0.25) is 19.9 Å². The van der Waals surface area contributed by atoms with E-state index in [9.17, 15) is 19.7 Å². The second-order valence-electron chi connectivity index (χ2n) is 7.83. The third-order valence-electron chi connectivity index (χ3n) is 5.60. The van der Waals surface area contributed by atoms with Gasteiger partial charge < -0.3 is 15.0 Å². The molecule has 2 aliphatic heterocycles. The van der Waals surface area contributed by atoms with Crippen LogP contribution in [-0.4, -0.2) is 45.5 Å². The number of hydrogen-bond donors (Lipinski definition) is 1. The quantitative estimate of drug-likeness (QED) is 0.336. The number of esters is 1. The Hall–Kier alpha value is -3.99. The number of benzene rings is 1.